The van der Waals surface area contributed by atoms with Crippen LogP contribution in [0, 0.1) is 5.92 Å². The van der Waals surface area contributed by atoms with Gasteiger partial charge in [-0.25, -0.2) is 0 Å². The van der Waals surface area contributed by atoms with Crippen LogP contribution in [0.1, 0.15) is 5.56 Å². The molecule has 1 aromatic rings. The number of carbonyl (C=O) groups excluding carboxylic acids is 2. The summed E-state index contributed by atoms with van der Waals surface area (Å²) in [5.74, 6) is -0.245. The molecule has 0 bridgehead atoms. The van der Waals surface area contributed by atoms with E-state index in [2.05, 4.69) is 0 Å². The number of likely N-dealkylation sites (N-methyl/N-ethyl adjacent to an activating group) is 1. The molecular weight excluding hydrogens is 277 g/mol. The molecule has 1 saturated heterocycles. The first-order chi connectivity index (χ1) is 10.5. The zero-order chi connectivity index (χ0) is 15.7. The number of hydrogen-bond acceptors (Lipinski definition) is 3. The van der Waals surface area contributed by atoms with Crippen LogP contribution >= 0.6 is 0 Å². The van der Waals surface area contributed by atoms with Crippen molar-refractivity contribution in [3.05, 3.63) is 54.1 Å². The van der Waals surface area contributed by atoms with Crippen molar-refractivity contribution in [3.8, 4) is 0 Å². The van der Waals surface area contributed by atoms with Crippen molar-refractivity contribution in [1.82, 2.24) is 4.90 Å². The minimum Gasteiger partial charge on any atom is -0.347 e. The van der Waals surface area contributed by atoms with Gasteiger partial charge in [-0.15, -0.1) is 0 Å². The van der Waals surface area contributed by atoms with Crippen LogP contribution in [0.2, 0.25) is 0 Å². The number of ether oxygens (including phenoxy) is 1. The minimum absolute atomic E-state index is 0.0375. The van der Waals surface area contributed by atoms with E-state index in [1.807, 2.05) is 32.1 Å². The van der Waals surface area contributed by atoms with Gasteiger partial charge in [0.1, 0.15) is 7.85 Å². The summed E-state index contributed by atoms with van der Waals surface area (Å²) in [5.41, 5.74) is 1.42. The second kappa shape index (κ2) is 5.57. The third kappa shape index (κ3) is 2.64. The molecule has 1 heterocycles. The Morgan fingerprint density at radius 2 is 1.86 bits per heavy atom. The predicted octanol–water partition coefficient (Wildman–Crippen LogP) is -0.0163. The van der Waals surface area contributed by atoms with Gasteiger partial charge in [-0.05, 0) is 36.3 Å². The van der Waals surface area contributed by atoms with E-state index >= 15 is 0 Å². The van der Waals surface area contributed by atoms with Crippen LogP contribution < -0.4 is 5.46 Å². The van der Waals surface area contributed by atoms with Crippen molar-refractivity contribution >= 4 is 25.0 Å². The number of amides is 1. The Morgan fingerprint density at radius 1 is 1.23 bits per heavy atom. The first-order valence-electron chi connectivity index (χ1n) is 7.40. The molecule has 1 aromatic carbocycles. The Kier molecular flexibility index (Phi) is 3.75. The maximum atomic E-state index is 12.6. The Labute approximate surface area is 130 Å². The van der Waals surface area contributed by atoms with Crippen molar-refractivity contribution in [2.45, 2.75) is 12.1 Å². The third-order valence-corrected chi connectivity index (χ3v) is 4.30. The zero-order valence-corrected chi connectivity index (χ0v) is 12.8. The Bertz CT molecular complexity index is 647. The molecule has 1 atom stereocenters. The molecule has 3 rings (SSSR count). The highest BCUT2D eigenvalue weighted by atomic mass is 16.5. The number of ketones is 1. The van der Waals surface area contributed by atoms with Crippen LogP contribution in [0.15, 0.2) is 48.6 Å². The summed E-state index contributed by atoms with van der Waals surface area (Å²) in [6.07, 6.45) is 6.85. The fourth-order valence-corrected chi connectivity index (χ4v) is 2.84. The van der Waals surface area contributed by atoms with E-state index in [0.29, 0.717) is 13.0 Å². The highest BCUT2D eigenvalue weighted by Gasteiger charge is 2.43. The summed E-state index contributed by atoms with van der Waals surface area (Å²) < 4.78 is 5.93. The Balaban J connectivity index is 1.75. The SMILES string of the molecule is Bc1ccc(CC2COC3(C=CC(=O)C=C3)N(C)C2=O)cc1. The Hall–Kier alpha value is -2.14. The molecule has 4 nitrogen and oxygen atoms in total. The Morgan fingerprint density at radius 3 is 2.50 bits per heavy atom. The molecule has 0 radical (unpaired) electrons. The van der Waals surface area contributed by atoms with Crippen LogP contribution in [0.4, 0.5) is 0 Å². The smallest absolute Gasteiger partial charge is 0.230 e. The fourth-order valence-electron chi connectivity index (χ4n) is 2.84. The van der Waals surface area contributed by atoms with Crippen LogP contribution in [0.25, 0.3) is 0 Å². The van der Waals surface area contributed by atoms with Gasteiger partial charge in [0.25, 0.3) is 0 Å². The largest absolute Gasteiger partial charge is 0.347 e. The minimum atomic E-state index is -0.908. The van der Waals surface area contributed by atoms with E-state index in [0.717, 1.165) is 5.56 Å². The van der Waals surface area contributed by atoms with Gasteiger partial charge in [0.15, 0.2) is 11.5 Å². The molecule has 1 aliphatic carbocycles. The van der Waals surface area contributed by atoms with Gasteiger partial charge in [-0.1, -0.05) is 29.7 Å². The summed E-state index contributed by atoms with van der Waals surface area (Å²) in [4.78, 5) is 25.5. The molecule has 0 aromatic heterocycles. The molecule has 0 saturated carbocycles. The maximum absolute atomic E-state index is 12.6. The van der Waals surface area contributed by atoms with Crippen LogP contribution in [-0.4, -0.2) is 43.8 Å². The summed E-state index contributed by atoms with van der Waals surface area (Å²) in [6.45, 7) is 0.347. The second-order valence-electron chi connectivity index (χ2n) is 5.92. The maximum Gasteiger partial charge on any atom is 0.230 e. The summed E-state index contributed by atoms with van der Waals surface area (Å²) >= 11 is 0. The number of allylic oxidation sites excluding steroid dienone is 2. The molecule has 22 heavy (non-hydrogen) atoms. The number of hydrogen-bond donors (Lipinski definition) is 0. The average molecular weight is 295 g/mol. The summed E-state index contributed by atoms with van der Waals surface area (Å²) in [7, 11) is 3.76. The van der Waals surface area contributed by atoms with Gasteiger partial charge < -0.3 is 9.64 Å². The highest BCUT2D eigenvalue weighted by molar-refractivity contribution is 6.32. The molecule has 1 fully saturated rings. The lowest BCUT2D eigenvalue weighted by Crippen LogP contribution is -2.57. The number of benzene rings is 1. The molecular formula is C17H18BNO3. The molecule has 112 valence electrons. The van der Waals surface area contributed by atoms with E-state index in [4.69, 9.17) is 4.74 Å². The van der Waals surface area contributed by atoms with Gasteiger partial charge in [-0.3, -0.25) is 9.59 Å². The monoisotopic (exact) mass is 295 g/mol. The second-order valence-corrected chi connectivity index (χ2v) is 5.92. The van der Waals surface area contributed by atoms with Crippen LogP contribution in [0.3, 0.4) is 0 Å². The van der Waals surface area contributed by atoms with E-state index in [9.17, 15) is 9.59 Å². The molecule has 1 unspecified atom stereocenters. The molecule has 5 heteroatoms. The quantitative estimate of drug-likeness (QED) is 0.721. The van der Waals surface area contributed by atoms with Gasteiger partial charge in [-0.2, -0.15) is 0 Å². The van der Waals surface area contributed by atoms with E-state index in [1.54, 1.807) is 24.1 Å². The van der Waals surface area contributed by atoms with Crippen molar-refractivity contribution in [1.29, 1.82) is 0 Å². The van der Waals surface area contributed by atoms with Gasteiger partial charge in [0, 0.05) is 7.05 Å². The first-order valence-corrected chi connectivity index (χ1v) is 7.40. The van der Waals surface area contributed by atoms with E-state index in [-0.39, 0.29) is 17.6 Å². The van der Waals surface area contributed by atoms with Gasteiger partial charge in [0.2, 0.25) is 5.91 Å². The highest BCUT2D eigenvalue weighted by Crippen LogP contribution is 2.30. The standard InChI is InChI=1S/C17H18BNO3/c1-19-16(21)13(10-12-2-4-14(18)5-3-12)11-22-17(19)8-6-15(20)7-9-17/h2-9,13H,10-11,18H2,1H3. The predicted molar refractivity (Wildman–Crippen MR) is 86.6 cm³/mol. The fraction of sp³-hybridized carbons (Fsp3) is 0.294. The van der Waals surface area contributed by atoms with Crippen molar-refractivity contribution in [2.24, 2.45) is 5.92 Å². The molecule has 1 aliphatic heterocycles. The van der Waals surface area contributed by atoms with E-state index in [1.165, 1.54) is 17.6 Å². The third-order valence-electron chi connectivity index (χ3n) is 4.30. The first kappa shape index (κ1) is 14.8. The number of rotatable bonds is 2. The lowest BCUT2D eigenvalue weighted by molar-refractivity contribution is -0.175. The van der Waals surface area contributed by atoms with Gasteiger partial charge in [0.05, 0.1) is 12.5 Å². The lowest BCUT2D eigenvalue weighted by Gasteiger charge is -2.44. The number of carbonyl (C=O) groups is 2. The topological polar surface area (TPSA) is 46.6 Å². The zero-order valence-electron chi connectivity index (χ0n) is 12.8. The molecule has 1 amide bonds. The molecule has 1 spiro atoms. The average Bonchev–Trinajstić information content (AvgIpc) is 2.53. The normalized spacial score (nSPS) is 23.3. The summed E-state index contributed by atoms with van der Waals surface area (Å²) in [6, 6.07) is 8.19. The lowest BCUT2D eigenvalue weighted by atomic mass is 9.91. The van der Waals surface area contributed by atoms with Crippen LogP contribution in [0.5, 0.6) is 0 Å². The van der Waals surface area contributed by atoms with Gasteiger partial charge >= 0.3 is 0 Å². The van der Waals surface area contributed by atoms with Crippen molar-refractivity contribution < 1.29 is 14.3 Å². The molecule has 0 N–H and O–H groups in total. The van der Waals surface area contributed by atoms with Crippen molar-refractivity contribution in [2.75, 3.05) is 13.7 Å². The molecule has 2 aliphatic rings. The van der Waals surface area contributed by atoms with Crippen molar-refractivity contribution in [3.63, 3.8) is 0 Å². The van der Waals surface area contributed by atoms with E-state index < -0.39 is 5.72 Å². The summed E-state index contributed by atoms with van der Waals surface area (Å²) in [5, 5.41) is 0. The number of nitrogens with zero attached hydrogens (tertiary/aromatic N) is 1. The van der Waals surface area contributed by atoms with Crippen LogP contribution in [-0.2, 0) is 20.7 Å².